The fraction of sp³-hybridized carbons (Fsp3) is 0.133. The highest BCUT2D eigenvalue weighted by Crippen LogP contribution is 2.23. The third kappa shape index (κ3) is 3.36. The maximum atomic E-state index is 13.5. The predicted molar refractivity (Wildman–Crippen MR) is 76.8 cm³/mol. The molecule has 2 rings (SSSR count). The Morgan fingerprint density at radius 2 is 1.95 bits per heavy atom. The molecule has 0 fully saturated rings. The molecule has 0 aliphatic rings. The van der Waals surface area contributed by atoms with E-state index in [1.54, 1.807) is 24.3 Å². The molecule has 0 aromatic heterocycles. The molecular weight excluding hydrogens is 327 g/mol. The molecule has 5 heteroatoms. The quantitative estimate of drug-likeness (QED) is 0.773. The second kappa shape index (κ2) is 6.52. The number of aldehydes is 1. The molecular formula is C15H12BrFO3. The number of carbonyl (C=O) groups excluding carboxylic acids is 1. The summed E-state index contributed by atoms with van der Waals surface area (Å²) in [4.78, 5) is 11.0. The van der Waals surface area contributed by atoms with Gasteiger partial charge in [-0.15, -0.1) is 0 Å². The normalized spacial score (nSPS) is 10.2. The van der Waals surface area contributed by atoms with Crippen molar-refractivity contribution < 1.29 is 18.7 Å². The Morgan fingerprint density at radius 3 is 2.60 bits per heavy atom. The molecule has 0 spiro atoms. The Hall–Kier alpha value is -1.88. The van der Waals surface area contributed by atoms with Crippen LogP contribution in [-0.4, -0.2) is 13.4 Å². The Morgan fingerprint density at radius 1 is 1.20 bits per heavy atom. The standard InChI is InChI=1S/C15H12BrFO3/c1-19-15-4-2-10(6-13(15)17)9-20-14-5-3-12(16)7-11(14)8-18/h2-8H,9H2,1H3. The summed E-state index contributed by atoms with van der Waals surface area (Å²) in [5.41, 5.74) is 1.09. The molecule has 0 saturated heterocycles. The van der Waals surface area contributed by atoms with Crippen LogP contribution in [0.4, 0.5) is 4.39 Å². The first kappa shape index (κ1) is 14.5. The van der Waals surface area contributed by atoms with Crippen LogP contribution in [-0.2, 0) is 6.61 Å². The Balaban J connectivity index is 2.12. The smallest absolute Gasteiger partial charge is 0.165 e. The fourth-order valence-electron chi connectivity index (χ4n) is 1.70. The number of hydrogen-bond acceptors (Lipinski definition) is 3. The topological polar surface area (TPSA) is 35.5 Å². The number of carbonyl (C=O) groups is 1. The predicted octanol–water partition coefficient (Wildman–Crippen LogP) is 3.99. The van der Waals surface area contributed by atoms with Crippen LogP contribution in [0.2, 0.25) is 0 Å². The third-order valence-corrected chi connectivity index (χ3v) is 3.20. The van der Waals surface area contributed by atoms with Crippen molar-refractivity contribution in [1.82, 2.24) is 0 Å². The molecule has 0 amide bonds. The van der Waals surface area contributed by atoms with Gasteiger partial charge in [0.1, 0.15) is 12.4 Å². The average Bonchev–Trinajstić information content (AvgIpc) is 2.46. The summed E-state index contributed by atoms with van der Waals surface area (Å²) in [5.74, 6) is 0.199. The highest BCUT2D eigenvalue weighted by atomic mass is 79.9. The van der Waals surface area contributed by atoms with E-state index in [-0.39, 0.29) is 12.4 Å². The van der Waals surface area contributed by atoms with Crippen LogP contribution in [0.25, 0.3) is 0 Å². The number of halogens is 2. The minimum absolute atomic E-state index is 0.170. The third-order valence-electron chi connectivity index (χ3n) is 2.71. The van der Waals surface area contributed by atoms with E-state index < -0.39 is 5.82 Å². The van der Waals surface area contributed by atoms with Gasteiger partial charge in [0, 0.05) is 4.47 Å². The molecule has 0 radical (unpaired) electrons. The van der Waals surface area contributed by atoms with Crippen molar-refractivity contribution in [3.8, 4) is 11.5 Å². The number of hydrogen-bond donors (Lipinski definition) is 0. The molecule has 20 heavy (non-hydrogen) atoms. The Labute approximate surface area is 124 Å². The van der Waals surface area contributed by atoms with Crippen molar-refractivity contribution in [2.45, 2.75) is 6.61 Å². The van der Waals surface area contributed by atoms with E-state index >= 15 is 0 Å². The molecule has 0 unspecified atom stereocenters. The Bertz CT molecular complexity index is 629. The van der Waals surface area contributed by atoms with Gasteiger partial charge in [-0.1, -0.05) is 22.0 Å². The van der Waals surface area contributed by atoms with Gasteiger partial charge in [0.25, 0.3) is 0 Å². The lowest BCUT2D eigenvalue weighted by Gasteiger charge is -2.10. The molecule has 0 aliphatic carbocycles. The van der Waals surface area contributed by atoms with E-state index in [4.69, 9.17) is 9.47 Å². The number of rotatable bonds is 5. The number of methoxy groups -OCH3 is 1. The summed E-state index contributed by atoms with van der Waals surface area (Å²) >= 11 is 3.28. The monoisotopic (exact) mass is 338 g/mol. The van der Waals surface area contributed by atoms with Gasteiger partial charge in [-0.25, -0.2) is 4.39 Å². The maximum absolute atomic E-state index is 13.5. The van der Waals surface area contributed by atoms with Gasteiger partial charge >= 0.3 is 0 Å². The van der Waals surface area contributed by atoms with Gasteiger partial charge in [-0.05, 0) is 35.9 Å². The molecule has 0 bridgehead atoms. The van der Waals surface area contributed by atoms with Gasteiger partial charge < -0.3 is 9.47 Å². The first-order chi connectivity index (χ1) is 9.63. The summed E-state index contributed by atoms with van der Waals surface area (Å²) < 4.78 is 24.7. The van der Waals surface area contributed by atoms with Crippen molar-refractivity contribution in [3.63, 3.8) is 0 Å². The van der Waals surface area contributed by atoms with Crippen molar-refractivity contribution in [2.75, 3.05) is 7.11 Å². The molecule has 0 saturated carbocycles. The minimum atomic E-state index is -0.444. The van der Waals surface area contributed by atoms with E-state index in [1.165, 1.54) is 19.2 Å². The van der Waals surface area contributed by atoms with Crippen LogP contribution in [0.15, 0.2) is 40.9 Å². The zero-order valence-electron chi connectivity index (χ0n) is 10.7. The zero-order valence-corrected chi connectivity index (χ0v) is 12.3. The second-order valence-electron chi connectivity index (χ2n) is 4.06. The maximum Gasteiger partial charge on any atom is 0.165 e. The van der Waals surface area contributed by atoms with Crippen molar-refractivity contribution in [1.29, 1.82) is 0 Å². The van der Waals surface area contributed by atoms with E-state index in [1.807, 2.05) is 0 Å². The van der Waals surface area contributed by atoms with Crippen LogP contribution >= 0.6 is 15.9 Å². The highest BCUT2D eigenvalue weighted by Gasteiger charge is 2.07. The molecule has 3 nitrogen and oxygen atoms in total. The lowest BCUT2D eigenvalue weighted by molar-refractivity contribution is 0.111. The fourth-order valence-corrected chi connectivity index (χ4v) is 2.08. The SMILES string of the molecule is COc1ccc(COc2ccc(Br)cc2C=O)cc1F. The van der Waals surface area contributed by atoms with Gasteiger partial charge in [-0.3, -0.25) is 4.79 Å². The van der Waals surface area contributed by atoms with Crippen LogP contribution in [0.5, 0.6) is 11.5 Å². The van der Waals surface area contributed by atoms with Gasteiger partial charge in [0.05, 0.1) is 12.7 Å². The molecule has 104 valence electrons. The van der Waals surface area contributed by atoms with E-state index in [0.29, 0.717) is 23.2 Å². The van der Waals surface area contributed by atoms with E-state index in [2.05, 4.69) is 15.9 Å². The van der Waals surface area contributed by atoms with Crippen LogP contribution < -0.4 is 9.47 Å². The molecule has 0 aliphatic heterocycles. The second-order valence-corrected chi connectivity index (χ2v) is 4.97. The Kier molecular flexibility index (Phi) is 4.74. The average molecular weight is 339 g/mol. The highest BCUT2D eigenvalue weighted by molar-refractivity contribution is 9.10. The van der Waals surface area contributed by atoms with Gasteiger partial charge in [-0.2, -0.15) is 0 Å². The van der Waals surface area contributed by atoms with Crippen molar-refractivity contribution in [3.05, 3.63) is 57.8 Å². The van der Waals surface area contributed by atoms with E-state index in [9.17, 15) is 9.18 Å². The molecule has 0 N–H and O–H groups in total. The summed E-state index contributed by atoms with van der Waals surface area (Å²) in [6.45, 7) is 0.170. The van der Waals surface area contributed by atoms with Gasteiger partial charge in [0.2, 0.25) is 0 Å². The lowest BCUT2D eigenvalue weighted by atomic mass is 10.2. The van der Waals surface area contributed by atoms with Crippen molar-refractivity contribution >= 4 is 22.2 Å². The molecule has 0 heterocycles. The van der Waals surface area contributed by atoms with E-state index in [0.717, 1.165) is 4.47 Å². The summed E-state index contributed by atoms with van der Waals surface area (Å²) in [6, 6.07) is 9.72. The van der Waals surface area contributed by atoms with Crippen LogP contribution in [0, 0.1) is 5.82 Å². The van der Waals surface area contributed by atoms with Crippen molar-refractivity contribution in [2.24, 2.45) is 0 Å². The van der Waals surface area contributed by atoms with Crippen LogP contribution in [0.3, 0.4) is 0 Å². The first-order valence-corrected chi connectivity index (χ1v) is 6.63. The largest absolute Gasteiger partial charge is 0.494 e. The number of benzene rings is 2. The summed E-state index contributed by atoms with van der Waals surface area (Å²) in [5, 5.41) is 0. The summed E-state index contributed by atoms with van der Waals surface area (Å²) in [7, 11) is 1.41. The molecule has 2 aromatic rings. The van der Waals surface area contributed by atoms with Crippen LogP contribution in [0.1, 0.15) is 15.9 Å². The molecule has 0 atom stereocenters. The first-order valence-electron chi connectivity index (χ1n) is 5.84. The lowest BCUT2D eigenvalue weighted by Crippen LogP contribution is -1.99. The summed E-state index contributed by atoms with van der Waals surface area (Å²) in [6.07, 6.45) is 0.717. The number of ether oxygens (including phenoxy) is 2. The molecule has 2 aromatic carbocycles. The zero-order chi connectivity index (χ0) is 14.5. The minimum Gasteiger partial charge on any atom is -0.494 e. The van der Waals surface area contributed by atoms with Gasteiger partial charge in [0.15, 0.2) is 17.9 Å².